The van der Waals surface area contributed by atoms with E-state index in [1.807, 2.05) is 0 Å². The molecule has 1 fully saturated rings. The molecule has 1 aromatic rings. The molecule has 0 saturated carbocycles. The molecular formula is C14H20F3N3. The Balaban J connectivity index is 2.06. The van der Waals surface area contributed by atoms with E-state index in [2.05, 4.69) is 21.8 Å². The topological polar surface area (TPSA) is 29.0 Å². The number of likely N-dealkylation sites (tertiary alicyclic amines) is 1. The highest BCUT2D eigenvalue weighted by molar-refractivity contribution is 5.17. The molecule has 1 atom stereocenters. The summed E-state index contributed by atoms with van der Waals surface area (Å²) in [6, 6.07) is 0. The average Bonchev–Trinajstić information content (AvgIpc) is 2.56. The highest BCUT2D eigenvalue weighted by atomic mass is 19.4. The van der Waals surface area contributed by atoms with E-state index in [1.54, 1.807) is 6.92 Å². The molecule has 1 aromatic heterocycles. The lowest BCUT2D eigenvalue weighted by molar-refractivity contribution is -0.145. The molecule has 0 amide bonds. The number of alkyl halides is 3. The average molecular weight is 287 g/mol. The van der Waals surface area contributed by atoms with Gasteiger partial charge in [-0.05, 0) is 45.2 Å². The van der Waals surface area contributed by atoms with Crippen LogP contribution < -0.4 is 0 Å². The lowest BCUT2D eigenvalue weighted by atomic mass is 10.0. The first kappa shape index (κ1) is 15.2. The fourth-order valence-corrected chi connectivity index (χ4v) is 2.51. The first-order valence-corrected chi connectivity index (χ1v) is 6.98. The van der Waals surface area contributed by atoms with Crippen LogP contribution in [0.5, 0.6) is 0 Å². The largest absolute Gasteiger partial charge is 0.451 e. The number of hydrogen-bond acceptors (Lipinski definition) is 3. The normalized spacial score (nSPS) is 21.8. The molecule has 6 heteroatoms. The number of halogens is 3. The number of aryl methyl sites for hydroxylation is 1. The molecule has 0 unspecified atom stereocenters. The Hall–Kier alpha value is -1.17. The summed E-state index contributed by atoms with van der Waals surface area (Å²) >= 11 is 0. The SMILES string of the molecule is Cc1nc(C(F)(F)F)ncc1CN1CCC[C@H](C)CC1. The van der Waals surface area contributed by atoms with E-state index in [0.717, 1.165) is 37.4 Å². The van der Waals surface area contributed by atoms with Gasteiger partial charge in [0.25, 0.3) is 0 Å². The molecule has 0 radical (unpaired) electrons. The first-order chi connectivity index (χ1) is 9.36. The maximum Gasteiger partial charge on any atom is 0.451 e. The van der Waals surface area contributed by atoms with E-state index in [1.165, 1.54) is 12.6 Å². The van der Waals surface area contributed by atoms with Crippen LogP contribution in [0.3, 0.4) is 0 Å². The van der Waals surface area contributed by atoms with Crippen molar-refractivity contribution in [2.24, 2.45) is 5.92 Å². The Labute approximate surface area is 117 Å². The van der Waals surface area contributed by atoms with Crippen molar-refractivity contribution in [3.05, 3.63) is 23.3 Å². The summed E-state index contributed by atoms with van der Waals surface area (Å²) in [6.07, 6.45) is 0.349. The Bertz CT molecular complexity index is 459. The molecule has 112 valence electrons. The standard InChI is InChI=1S/C14H20F3N3/c1-10-4-3-6-20(7-5-10)9-12-8-18-13(14(15,16)17)19-11(12)2/h8,10H,3-7,9H2,1-2H3/t10-/m0/s1. The van der Waals surface area contributed by atoms with Crippen molar-refractivity contribution in [1.29, 1.82) is 0 Å². The summed E-state index contributed by atoms with van der Waals surface area (Å²) in [4.78, 5) is 9.32. The predicted octanol–water partition coefficient (Wildman–Crippen LogP) is 3.43. The molecular weight excluding hydrogens is 267 g/mol. The van der Waals surface area contributed by atoms with Crippen LogP contribution in [0.15, 0.2) is 6.20 Å². The van der Waals surface area contributed by atoms with E-state index in [0.29, 0.717) is 12.2 Å². The van der Waals surface area contributed by atoms with Crippen LogP contribution in [0.1, 0.15) is 43.3 Å². The van der Waals surface area contributed by atoms with Gasteiger partial charge in [0.05, 0.1) is 0 Å². The second-order valence-electron chi connectivity index (χ2n) is 5.61. The highest BCUT2D eigenvalue weighted by Crippen LogP contribution is 2.26. The smallest absolute Gasteiger partial charge is 0.299 e. The van der Waals surface area contributed by atoms with Crippen molar-refractivity contribution >= 4 is 0 Å². The van der Waals surface area contributed by atoms with Crippen molar-refractivity contribution in [2.45, 2.75) is 45.8 Å². The van der Waals surface area contributed by atoms with Crippen molar-refractivity contribution in [2.75, 3.05) is 13.1 Å². The molecule has 0 aliphatic carbocycles. The number of hydrogen-bond donors (Lipinski definition) is 0. The van der Waals surface area contributed by atoms with Gasteiger partial charge >= 0.3 is 6.18 Å². The molecule has 0 aromatic carbocycles. The van der Waals surface area contributed by atoms with Gasteiger partial charge in [0.2, 0.25) is 5.82 Å². The van der Waals surface area contributed by atoms with Crippen LogP contribution in [0.4, 0.5) is 13.2 Å². The molecule has 0 bridgehead atoms. The molecule has 1 saturated heterocycles. The van der Waals surface area contributed by atoms with Crippen LogP contribution >= 0.6 is 0 Å². The van der Waals surface area contributed by atoms with Gasteiger partial charge in [0, 0.05) is 24.0 Å². The molecule has 2 heterocycles. The first-order valence-electron chi connectivity index (χ1n) is 6.98. The molecule has 3 nitrogen and oxygen atoms in total. The summed E-state index contributed by atoms with van der Waals surface area (Å²) in [5, 5.41) is 0. The third kappa shape index (κ3) is 3.91. The summed E-state index contributed by atoms with van der Waals surface area (Å²) in [5.41, 5.74) is 1.21. The summed E-state index contributed by atoms with van der Waals surface area (Å²) in [5.74, 6) is -0.326. The Morgan fingerprint density at radius 2 is 2.05 bits per heavy atom. The van der Waals surface area contributed by atoms with Gasteiger partial charge in [-0.2, -0.15) is 13.2 Å². The Morgan fingerprint density at radius 3 is 2.70 bits per heavy atom. The van der Waals surface area contributed by atoms with Gasteiger partial charge in [-0.3, -0.25) is 4.90 Å². The zero-order valence-electron chi connectivity index (χ0n) is 11.9. The van der Waals surface area contributed by atoms with E-state index >= 15 is 0 Å². The number of aromatic nitrogens is 2. The monoisotopic (exact) mass is 287 g/mol. The Morgan fingerprint density at radius 1 is 1.30 bits per heavy atom. The third-order valence-corrected chi connectivity index (χ3v) is 3.84. The molecule has 0 spiro atoms. The molecule has 1 aliphatic rings. The minimum absolute atomic E-state index is 0.421. The van der Waals surface area contributed by atoms with Crippen LogP contribution in [-0.4, -0.2) is 28.0 Å². The van der Waals surface area contributed by atoms with Crippen molar-refractivity contribution in [3.63, 3.8) is 0 Å². The zero-order chi connectivity index (χ0) is 14.8. The minimum Gasteiger partial charge on any atom is -0.299 e. The van der Waals surface area contributed by atoms with Gasteiger partial charge in [0.1, 0.15) is 0 Å². The zero-order valence-corrected chi connectivity index (χ0v) is 11.9. The van der Waals surface area contributed by atoms with E-state index in [4.69, 9.17) is 0 Å². The van der Waals surface area contributed by atoms with Crippen LogP contribution in [0.2, 0.25) is 0 Å². The quantitative estimate of drug-likeness (QED) is 0.834. The second-order valence-corrected chi connectivity index (χ2v) is 5.61. The van der Waals surface area contributed by atoms with Gasteiger partial charge in [-0.25, -0.2) is 9.97 Å². The van der Waals surface area contributed by atoms with Gasteiger partial charge in [0.15, 0.2) is 0 Å². The molecule has 0 N–H and O–H groups in total. The number of nitrogens with zero attached hydrogens (tertiary/aromatic N) is 3. The van der Waals surface area contributed by atoms with E-state index < -0.39 is 12.0 Å². The lowest BCUT2D eigenvalue weighted by Gasteiger charge is -2.20. The molecule has 2 rings (SSSR count). The van der Waals surface area contributed by atoms with E-state index in [9.17, 15) is 13.2 Å². The van der Waals surface area contributed by atoms with Crippen molar-refractivity contribution in [1.82, 2.24) is 14.9 Å². The Kier molecular flexibility index (Phi) is 4.62. The maximum absolute atomic E-state index is 12.5. The predicted molar refractivity (Wildman–Crippen MR) is 70.1 cm³/mol. The van der Waals surface area contributed by atoms with Crippen LogP contribution in [0.25, 0.3) is 0 Å². The summed E-state index contributed by atoms with van der Waals surface area (Å²) in [6.45, 7) is 6.48. The summed E-state index contributed by atoms with van der Waals surface area (Å²) in [7, 11) is 0. The van der Waals surface area contributed by atoms with Gasteiger partial charge in [-0.15, -0.1) is 0 Å². The van der Waals surface area contributed by atoms with Crippen LogP contribution in [-0.2, 0) is 12.7 Å². The summed E-state index contributed by atoms with van der Waals surface area (Å²) < 4.78 is 37.6. The van der Waals surface area contributed by atoms with Crippen molar-refractivity contribution < 1.29 is 13.2 Å². The van der Waals surface area contributed by atoms with Crippen LogP contribution in [0, 0.1) is 12.8 Å². The lowest BCUT2D eigenvalue weighted by Crippen LogP contribution is -2.25. The van der Waals surface area contributed by atoms with Gasteiger partial charge in [-0.1, -0.05) is 6.92 Å². The van der Waals surface area contributed by atoms with E-state index in [-0.39, 0.29) is 0 Å². The molecule has 1 aliphatic heterocycles. The maximum atomic E-state index is 12.5. The minimum atomic E-state index is -4.47. The fourth-order valence-electron chi connectivity index (χ4n) is 2.51. The van der Waals surface area contributed by atoms with Crippen molar-refractivity contribution in [3.8, 4) is 0 Å². The second kappa shape index (κ2) is 6.08. The number of rotatable bonds is 2. The molecule has 20 heavy (non-hydrogen) atoms. The fraction of sp³-hybridized carbons (Fsp3) is 0.714. The van der Waals surface area contributed by atoms with Gasteiger partial charge < -0.3 is 0 Å². The highest BCUT2D eigenvalue weighted by Gasteiger charge is 2.34. The third-order valence-electron chi connectivity index (χ3n) is 3.84.